The minimum atomic E-state index is 0.349. The van der Waals surface area contributed by atoms with Gasteiger partial charge in [-0.3, -0.25) is 0 Å². The molecule has 0 aliphatic heterocycles. The molecule has 0 saturated carbocycles. The molecular formula is C20H27NO. The molecule has 0 radical (unpaired) electrons. The zero-order chi connectivity index (χ0) is 15.9. The molecule has 0 fully saturated rings. The first kappa shape index (κ1) is 16.6. The Kier molecular flexibility index (Phi) is 6.02. The van der Waals surface area contributed by atoms with Crippen LogP contribution in [0.4, 0.5) is 0 Å². The van der Waals surface area contributed by atoms with E-state index in [0.29, 0.717) is 12.5 Å². The number of hydrogen-bond acceptors (Lipinski definition) is 2. The first-order valence-electron chi connectivity index (χ1n) is 8.13. The Bertz CT molecular complexity index is 589. The van der Waals surface area contributed by atoms with Gasteiger partial charge < -0.3 is 10.5 Å². The van der Waals surface area contributed by atoms with E-state index in [1.807, 2.05) is 0 Å². The number of ether oxygens (including phenoxy) is 1. The first-order chi connectivity index (χ1) is 10.6. The Morgan fingerprint density at radius 2 is 1.77 bits per heavy atom. The fourth-order valence-electron chi connectivity index (χ4n) is 2.65. The minimum Gasteiger partial charge on any atom is -0.493 e. The van der Waals surface area contributed by atoms with Gasteiger partial charge in [0.2, 0.25) is 0 Å². The molecule has 0 amide bonds. The predicted molar refractivity (Wildman–Crippen MR) is 93.6 cm³/mol. The van der Waals surface area contributed by atoms with Crippen LogP contribution in [0.3, 0.4) is 0 Å². The van der Waals surface area contributed by atoms with Gasteiger partial charge in [0.05, 0.1) is 6.61 Å². The molecule has 0 aromatic heterocycles. The van der Waals surface area contributed by atoms with Crippen LogP contribution in [0.1, 0.15) is 41.5 Å². The highest BCUT2D eigenvalue weighted by atomic mass is 16.5. The summed E-state index contributed by atoms with van der Waals surface area (Å²) in [6, 6.07) is 15.2. The van der Waals surface area contributed by atoms with Gasteiger partial charge in [0.25, 0.3) is 0 Å². The highest BCUT2D eigenvalue weighted by Crippen LogP contribution is 2.26. The molecule has 1 atom stereocenters. The first-order valence-corrected chi connectivity index (χ1v) is 8.13. The summed E-state index contributed by atoms with van der Waals surface area (Å²) in [5, 5.41) is 0. The van der Waals surface area contributed by atoms with Gasteiger partial charge in [0.15, 0.2) is 0 Å². The highest BCUT2D eigenvalue weighted by molar-refractivity contribution is 5.38. The Hall–Kier alpha value is -1.80. The van der Waals surface area contributed by atoms with E-state index >= 15 is 0 Å². The van der Waals surface area contributed by atoms with Crippen LogP contribution in [0.15, 0.2) is 42.5 Å². The van der Waals surface area contributed by atoms with Gasteiger partial charge in [-0.1, -0.05) is 48.9 Å². The van der Waals surface area contributed by atoms with Crippen LogP contribution in [0.5, 0.6) is 5.75 Å². The Morgan fingerprint density at radius 1 is 1.05 bits per heavy atom. The molecule has 2 N–H and O–H groups in total. The summed E-state index contributed by atoms with van der Waals surface area (Å²) in [6.07, 6.45) is 2.01. The van der Waals surface area contributed by atoms with Gasteiger partial charge >= 0.3 is 0 Å². The van der Waals surface area contributed by atoms with Crippen molar-refractivity contribution in [2.75, 3.05) is 13.2 Å². The monoisotopic (exact) mass is 297 g/mol. The highest BCUT2D eigenvalue weighted by Gasteiger charge is 2.12. The predicted octanol–water partition coefficient (Wildman–Crippen LogP) is 4.38. The number of nitrogens with two attached hydrogens (primary N) is 1. The quantitative estimate of drug-likeness (QED) is 0.823. The maximum absolute atomic E-state index is 6.02. The third-order valence-corrected chi connectivity index (χ3v) is 4.02. The molecule has 2 nitrogen and oxygen atoms in total. The van der Waals surface area contributed by atoms with E-state index in [1.54, 1.807) is 0 Å². The van der Waals surface area contributed by atoms with Crippen LogP contribution in [-0.4, -0.2) is 13.2 Å². The molecule has 2 rings (SSSR count). The molecule has 2 aromatic carbocycles. The van der Waals surface area contributed by atoms with Gasteiger partial charge in [-0.25, -0.2) is 0 Å². The summed E-state index contributed by atoms with van der Waals surface area (Å²) in [6.45, 7) is 7.76. The molecule has 1 unspecified atom stereocenters. The van der Waals surface area contributed by atoms with E-state index in [1.165, 1.54) is 22.3 Å². The molecule has 22 heavy (non-hydrogen) atoms. The Morgan fingerprint density at radius 3 is 2.36 bits per heavy atom. The summed E-state index contributed by atoms with van der Waals surface area (Å²) in [4.78, 5) is 0. The molecule has 0 spiro atoms. The topological polar surface area (TPSA) is 35.2 Å². The zero-order valence-corrected chi connectivity index (χ0v) is 13.9. The number of aryl methyl sites for hydroxylation is 2. The van der Waals surface area contributed by atoms with E-state index in [0.717, 1.165) is 25.2 Å². The van der Waals surface area contributed by atoms with Crippen molar-refractivity contribution < 1.29 is 4.74 Å². The van der Waals surface area contributed by atoms with E-state index in [9.17, 15) is 0 Å². The molecule has 0 bridgehead atoms. The second-order valence-corrected chi connectivity index (χ2v) is 6.00. The third-order valence-electron chi connectivity index (χ3n) is 4.02. The molecule has 0 aliphatic rings. The average Bonchev–Trinajstić information content (AvgIpc) is 2.53. The van der Waals surface area contributed by atoms with Crippen molar-refractivity contribution in [3.63, 3.8) is 0 Å². The lowest BCUT2D eigenvalue weighted by Gasteiger charge is -2.18. The normalized spacial score (nSPS) is 12.2. The maximum atomic E-state index is 6.02. The summed E-state index contributed by atoms with van der Waals surface area (Å²) < 4.78 is 5.75. The van der Waals surface area contributed by atoms with E-state index < -0.39 is 0 Å². The SMILES string of the molecule is CCCOc1ccc(C(CN)Cc2ccc(C)cc2)cc1C. The molecule has 0 aliphatic carbocycles. The molecule has 0 heterocycles. The average molecular weight is 297 g/mol. The largest absolute Gasteiger partial charge is 0.493 e. The lowest BCUT2D eigenvalue weighted by Crippen LogP contribution is -2.15. The van der Waals surface area contributed by atoms with Crippen LogP contribution in [-0.2, 0) is 6.42 Å². The minimum absolute atomic E-state index is 0.349. The third kappa shape index (κ3) is 4.35. The molecular weight excluding hydrogens is 270 g/mol. The van der Waals surface area contributed by atoms with Gasteiger partial charge in [0.1, 0.15) is 5.75 Å². The van der Waals surface area contributed by atoms with Crippen molar-refractivity contribution in [2.45, 2.75) is 39.5 Å². The fraction of sp³-hybridized carbons (Fsp3) is 0.400. The molecule has 2 aromatic rings. The van der Waals surface area contributed by atoms with E-state index in [-0.39, 0.29) is 0 Å². The van der Waals surface area contributed by atoms with Crippen molar-refractivity contribution in [1.82, 2.24) is 0 Å². The van der Waals surface area contributed by atoms with Gasteiger partial charge in [-0.15, -0.1) is 0 Å². The lowest BCUT2D eigenvalue weighted by atomic mass is 9.91. The molecule has 118 valence electrons. The van der Waals surface area contributed by atoms with Gasteiger partial charge in [-0.2, -0.15) is 0 Å². The summed E-state index contributed by atoms with van der Waals surface area (Å²) in [5.74, 6) is 1.33. The van der Waals surface area contributed by atoms with Crippen LogP contribution in [0.25, 0.3) is 0 Å². The standard InChI is InChI=1S/C20H27NO/c1-4-11-22-20-10-9-18(12-16(20)3)19(14-21)13-17-7-5-15(2)6-8-17/h5-10,12,19H,4,11,13-14,21H2,1-3H3. The van der Waals surface area contributed by atoms with Crippen LogP contribution < -0.4 is 10.5 Å². The summed E-state index contributed by atoms with van der Waals surface area (Å²) in [5.41, 5.74) is 11.1. The Labute approximate surface area is 134 Å². The second kappa shape index (κ2) is 8.00. The van der Waals surface area contributed by atoms with Crippen molar-refractivity contribution in [3.05, 3.63) is 64.7 Å². The number of benzene rings is 2. The van der Waals surface area contributed by atoms with Crippen molar-refractivity contribution in [1.29, 1.82) is 0 Å². The van der Waals surface area contributed by atoms with Crippen molar-refractivity contribution in [3.8, 4) is 5.75 Å². The van der Waals surface area contributed by atoms with Gasteiger partial charge in [0, 0.05) is 5.92 Å². The zero-order valence-electron chi connectivity index (χ0n) is 13.9. The second-order valence-electron chi connectivity index (χ2n) is 6.00. The number of rotatable bonds is 7. The van der Waals surface area contributed by atoms with Gasteiger partial charge in [-0.05, 0) is 56.0 Å². The summed E-state index contributed by atoms with van der Waals surface area (Å²) in [7, 11) is 0. The van der Waals surface area contributed by atoms with E-state index in [4.69, 9.17) is 10.5 Å². The summed E-state index contributed by atoms with van der Waals surface area (Å²) >= 11 is 0. The maximum Gasteiger partial charge on any atom is 0.122 e. The number of hydrogen-bond donors (Lipinski definition) is 1. The molecule has 2 heteroatoms. The van der Waals surface area contributed by atoms with E-state index in [2.05, 4.69) is 63.2 Å². The molecule has 0 saturated heterocycles. The lowest BCUT2D eigenvalue weighted by molar-refractivity contribution is 0.315. The van der Waals surface area contributed by atoms with Crippen LogP contribution >= 0.6 is 0 Å². The van der Waals surface area contributed by atoms with Crippen LogP contribution in [0.2, 0.25) is 0 Å². The fourth-order valence-corrected chi connectivity index (χ4v) is 2.65. The van der Waals surface area contributed by atoms with Crippen molar-refractivity contribution in [2.24, 2.45) is 5.73 Å². The Balaban J connectivity index is 2.13. The smallest absolute Gasteiger partial charge is 0.122 e. The van der Waals surface area contributed by atoms with Crippen LogP contribution in [0, 0.1) is 13.8 Å². The van der Waals surface area contributed by atoms with Crippen molar-refractivity contribution >= 4 is 0 Å².